The third-order valence-corrected chi connectivity index (χ3v) is 2.47. The number of rotatable bonds is 5. The van der Waals surface area contributed by atoms with E-state index in [1.165, 1.54) is 7.05 Å². The van der Waals surface area contributed by atoms with Gasteiger partial charge < -0.3 is 15.3 Å². The van der Waals surface area contributed by atoms with E-state index < -0.39 is 11.7 Å². The molecule has 4 nitrogen and oxygen atoms in total. The number of nitrogens with zero attached hydrogens (tertiary/aromatic N) is 2. The Morgan fingerprint density at radius 1 is 1.39 bits per heavy atom. The molecule has 1 heterocycles. The molecule has 0 radical (unpaired) electrons. The summed E-state index contributed by atoms with van der Waals surface area (Å²) in [5.74, 6) is 0.349. The highest BCUT2D eigenvalue weighted by Gasteiger charge is 2.32. The molecule has 18 heavy (non-hydrogen) atoms. The summed E-state index contributed by atoms with van der Waals surface area (Å²) < 4.78 is 38.1. The average molecular weight is 263 g/mol. The number of aromatic nitrogens is 1. The van der Waals surface area contributed by atoms with Crippen LogP contribution in [0.4, 0.5) is 24.8 Å². The van der Waals surface area contributed by atoms with Crippen LogP contribution in [0.1, 0.15) is 12.5 Å². The van der Waals surface area contributed by atoms with E-state index in [0.717, 1.165) is 12.1 Å². The number of halogens is 3. The Bertz CT molecular complexity index is 396. The Kier molecular flexibility index (Phi) is 4.77. The summed E-state index contributed by atoms with van der Waals surface area (Å²) in [5.41, 5.74) is -0.756. The molecule has 0 saturated heterocycles. The second-order valence-electron chi connectivity index (χ2n) is 3.65. The van der Waals surface area contributed by atoms with E-state index in [-0.39, 0.29) is 24.8 Å². The van der Waals surface area contributed by atoms with E-state index in [1.54, 1.807) is 11.8 Å². The van der Waals surface area contributed by atoms with Crippen LogP contribution in [-0.2, 0) is 6.18 Å². The van der Waals surface area contributed by atoms with Crippen molar-refractivity contribution in [3.05, 3.63) is 17.7 Å². The minimum atomic E-state index is -4.41. The van der Waals surface area contributed by atoms with Crippen LogP contribution in [-0.4, -0.2) is 36.8 Å². The van der Waals surface area contributed by atoms with Crippen LogP contribution in [0, 0.1) is 0 Å². The molecule has 102 valence electrons. The molecule has 0 aliphatic rings. The Balaban J connectivity index is 3.18. The van der Waals surface area contributed by atoms with Crippen molar-refractivity contribution in [1.82, 2.24) is 4.98 Å². The second-order valence-corrected chi connectivity index (χ2v) is 3.65. The molecule has 1 aromatic rings. The molecular weight excluding hydrogens is 247 g/mol. The molecule has 1 aromatic heterocycles. The maximum absolute atomic E-state index is 12.7. The van der Waals surface area contributed by atoms with Gasteiger partial charge in [-0.05, 0) is 19.1 Å². The van der Waals surface area contributed by atoms with Crippen molar-refractivity contribution >= 4 is 11.6 Å². The molecule has 0 aromatic carbocycles. The van der Waals surface area contributed by atoms with E-state index in [2.05, 4.69) is 10.3 Å². The van der Waals surface area contributed by atoms with Gasteiger partial charge in [-0.2, -0.15) is 13.2 Å². The zero-order valence-electron chi connectivity index (χ0n) is 10.3. The van der Waals surface area contributed by atoms with Crippen molar-refractivity contribution in [2.45, 2.75) is 13.1 Å². The van der Waals surface area contributed by atoms with Gasteiger partial charge in [0, 0.05) is 20.1 Å². The lowest BCUT2D eigenvalue weighted by Gasteiger charge is -2.22. The van der Waals surface area contributed by atoms with Crippen LogP contribution in [0.15, 0.2) is 12.1 Å². The lowest BCUT2D eigenvalue weighted by atomic mass is 10.2. The number of hydrogen-bond donors (Lipinski definition) is 2. The summed E-state index contributed by atoms with van der Waals surface area (Å²) in [6, 6.07) is 1.94. The van der Waals surface area contributed by atoms with E-state index in [4.69, 9.17) is 5.11 Å². The fourth-order valence-corrected chi connectivity index (χ4v) is 1.53. The molecule has 0 atom stereocenters. The van der Waals surface area contributed by atoms with Gasteiger partial charge >= 0.3 is 6.18 Å². The van der Waals surface area contributed by atoms with E-state index in [0.29, 0.717) is 6.54 Å². The predicted molar refractivity (Wildman–Crippen MR) is 63.8 cm³/mol. The number of anilines is 2. The fraction of sp³-hybridized carbons (Fsp3) is 0.545. The highest BCUT2D eigenvalue weighted by molar-refractivity contribution is 5.51. The number of aliphatic hydroxyl groups is 1. The van der Waals surface area contributed by atoms with Gasteiger partial charge in [-0.3, -0.25) is 0 Å². The number of nitrogens with one attached hydrogen (secondary N) is 1. The van der Waals surface area contributed by atoms with Crippen LogP contribution >= 0.6 is 0 Å². The molecule has 0 amide bonds. The standard InChI is InChI=1S/C11H16F3N3O/c1-3-17(4-5-18)10-7-8(11(12,13)14)6-9(15-2)16-10/h6-7,18H,3-5H2,1-2H3,(H,15,16). The number of pyridine rings is 1. The van der Waals surface area contributed by atoms with Gasteiger partial charge in [0.25, 0.3) is 0 Å². The van der Waals surface area contributed by atoms with Crippen molar-refractivity contribution in [3.63, 3.8) is 0 Å². The number of likely N-dealkylation sites (N-methyl/N-ethyl adjacent to an activating group) is 1. The average Bonchev–Trinajstić information content (AvgIpc) is 2.34. The van der Waals surface area contributed by atoms with Gasteiger partial charge in [-0.25, -0.2) is 4.98 Å². The second kappa shape index (κ2) is 5.90. The third-order valence-electron chi connectivity index (χ3n) is 2.47. The summed E-state index contributed by atoms with van der Waals surface area (Å²) in [6.45, 7) is 2.36. The Morgan fingerprint density at radius 2 is 2.06 bits per heavy atom. The van der Waals surface area contributed by atoms with Gasteiger partial charge in [-0.15, -0.1) is 0 Å². The molecule has 0 unspecified atom stereocenters. The first kappa shape index (κ1) is 14.6. The summed E-state index contributed by atoms with van der Waals surface area (Å²) in [7, 11) is 1.51. The molecule has 0 spiro atoms. The molecule has 0 fully saturated rings. The van der Waals surface area contributed by atoms with E-state index >= 15 is 0 Å². The highest BCUT2D eigenvalue weighted by Crippen LogP contribution is 2.32. The zero-order chi connectivity index (χ0) is 13.8. The number of alkyl halides is 3. The molecule has 0 aliphatic carbocycles. The number of aliphatic hydroxyl groups excluding tert-OH is 1. The SMILES string of the molecule is CCN(CCO)c1cc(C(F)(F)F)cc(NC)n1. The topological polar surface area (TPSA) is 48.4 Å². The van der Waals surface area contributed by atoms with Crippen LogP contribution in [0.25, 0.3) is 0 Å². The molecular formula is C11H16F3N3O. The van der Waals surface area contributed by atoms with Crippen LogP contribution in [0.2, 0.25) is 0 Å². The maximum Gasteiger partial charge on any atom is 0.416 e. The van der Waals surface area contributed by atoms with Crippen molar-refractivity contribution in [2.75, 3.05) is 37.0 Å². The van der Waals surface area contributed by atoms with Gasteiger partial charge in [-0.1, -0.05) is 0 Å². The highest BCUT2D eigenvalue weighted by atomic mass is 19.4. The number of hydrogen-bond acceptors (Lipinski definition) is 4. The first-order valence-corrected chi connectivity index (χ1v) is 5.55. The molecule has 2 N–H and O–H groups in total. The van der Waals surface area contributed by atoms with Crippen molar-refractivity contribution in [2.24, 2.45) is 0 Å². The minimum absolute atomic E-state index is 0.138. The lowest BCUT2D eigenvalue weighted by Crippen LogP contribution is -2.27. The van der Waals surface area contributed by atoms with Crippen molar-refractivity contribution < 1.29 is 18.3 Å². The summed E-state index contributed by atoms with van der Waals surface area (Å²) >= 11 is 0. The first-order chi connectivity index (χ1) is 8.42. The molecule has 1 rings (SSSR count). The molecule has 0 saturated carbocycles. The predicted octanol–water partition coefficient (Wildman–Crippen LogP) is 1.96. The smallest absolute Gasteiger partial charge is 0.395 e. The fourth-order valence-electron chi connectivity index (χ4n) is 1.53. The monoisotopic (exact) mass is 263 g/mol. The first-order valence-electron chi connectivity index (χ1n) is 5.55. The van der Waals surface area contributed by atoms with Crippen LogP contribution in [0.3, 0.4) is 0 Å². The normalized spacial score (nSPS) is 11.4. The molecule has 7 heteroatoms. The van der Waals surface area contributed by atoms with Crippen LogP contribution in [0.5, 0.6) is 0 Å². The maximum atomic E-state index is 12.7. The summed E-state index contributed by atoms with van der Waals surface area (Å²) in [5, 5.41) is 11.5. The van der Waals surface area contributed by atoms with Gasteiger partial charge in [0.15, 0.2) is 0 Å². The van der Waals surface area contributed by atoms with E-state index in [9.17, 15) is 13.2 Å². The quantitative estimate of drug-likeness (QED) is 0.852. The molecule has 0 aliphatic heterocycles. The zero-order valence-corrected chi connectivity index (χ0v) is 10.3. The van der Waals surface area contributed by atoms with Gasteiger partial charge in [0.05, 0.1) is 12.2 Å². The largest absolute Gasteiger partial charge is 0.416 e. The third kappa shape index (κ3) is 3.49. The van der Waals surface area contributed by atoms with Crippen molar-refractivity contribution in [3.8, 4) is 0 Å². The Labute approximate surface area is 103 Å². The Morgan fingerprint density at radius 3 is 2.50 bits per heavy atom. The van der Waals surface area contributed by atoms with Crippen LogP contribution < -0.4 is 10.2 Å². The van der Waals surface area contributed by atoms with Gasteiger partial charge in [0.2, 0.25) is 0 Å². The summed E-state index contributed by atoms with van der Waals surface area (Å²) in [4.78, 5) is 5.64. The summed E-state index contributed by atoms with van der Waals surface area (Å²) in [6.07, 6.45) is -4.41. The van der Waals surface area contributed by atoms with Crippen molar-refractivity contribution in [1.29, 1.82) is 0 Å². The lowest BCUT2D eigenvalue weighted by molar-refractivity contribution is -0.137. The Hall–Kier alpha value is -1.50. The van der Waals surface area contributed by atoms with E-state index in [1.807, 2.05) is 0 Å². The minimum Gasteiger partial charge on any atom is -0.395 e. The van der Waals surface area contributed by atoms with Gasteiger partial charge in [0.1, 0.15) is 11.6 Å². The molecule has 0 bridgehead atoms.